The number of benzene rings is 2. The zero-order valence-corrected chi connectivity index (χ0v) is 19.8. The number of para-hydroxylation sites is 1. The molecule has 3 aromatic rings. The highest BCUT2D eigenvalue weighted by Gasteiger charge is 2.30. The molecule has 2 aliphatic rings. The number of carbonyl (C=O) groups excluding carboxylic acids is 2. The maximum atomic E-state index is 13.0. The van der Waals surface area contributed by atoms with E-state index in [0.717, 1.165) is 40.7 Å². The topological polar surface area (TPSA) is 74.8 Å². The minimum Gasteiger partial charge on any atom is -0.368 e. The SMILES string of the molecule is O=C(c1ccc(NSc2cccc3cccnc23)cc1)N1CCN(C(=O)C2CCCCO2)CC1. The molecule has 0 radical (unpaired) electrons. The number of carbonyl (C=O) groups is 2. The first kappa shape index (κ1) is 22.7. The first-order valence-electron chi connectivity index (χ1n) is 11.8. The van der Waals surface area contributed by atoms with Gasteiger partial charge >= 0.3 is 0 Å². The second-order valence-electron chi connectivity index (χ2n) is 8.59. The minimum atomic E-state index is -0.307. The van der Waals surface area contributed by atoms with E-state index in [-0.39, 0.29) is 17.9 Å². The van der Waals surface area contributed by atoms with E-state index in [0.29, 0.717) is 38.3 Å². The maximum Gasteiger partial charge on any atom is 0.253 e. The van der Waals surface area contributed by atoms with Gasteiger partial charge in [0.2, 0.25) is 0 Å². The highest BCUT2D eigenvalue weighted by Crippen LogP contribution is 2.27. The number of aromatic nitrogens is 1. The molecule has 2 amide bonds. The number of pyridine rings is 1. The van der Waals surface area contributed by atoms with Crippen molar-refractivity contribution in [3.8, 4) is 0 Å². The molecule has 0 saturated carbocycles. The summed E-state index contributed by atoms with van der Waals surface area (Å²) in [6.07, 6.45) is 4.36. The average molecular weight is 477 g/mol. The van der Waals surface area contributed by atoms with Crippen molar-refractivity contribution < 1.29 is 14.3 Å². The van der Waals surface area contributed by atoms with E-state index in [1.165, 1.54) is 11.9 Å². The Hall–Kier alpha value is -3.10. The third-order valence-corrected chi connectivity index (χ3v) is 7.23. The Morgan fingerprint density at radius 1 is 0.941 bits per heavy atom. The van der Waals surface area contributed by atoms with Gasteiger partial charge in [-0.3, -0.25) is 14.6 Å². The van der Waals surface area contributed by atoms with E-state index in [1.54, 1.807) is 6.20 Å². The lowest BCUT2D eigenvalue weighted by Crippen LogP contribution is -2.53. The summed E-state index contributed by atoms with van der Waals surface area (Å²) in [6.45, 7) is 2.86. The lowest BCUT2D eigenvalue weighted by atomic mass is 10.1. The van der Waals surface area contributed by atoms with Crippen LogP contribution in [0.4, 0.5) is 5.69 Å². The van der Waals surface area contributed by atoms with Gasteiger partial charge in [0.25, 0.3) is 11.8 Å². The summed E-state index contributed by atoms with van der Waals surface area (Å²) in [5, 5.41) is 1.10. The number of hydrogen-bond donors (Lipinski definition) is 1. The van der Waals surface area contributed by atoms with Gasteiger partial charge in [0, 0.05) is 55.6 Å². The monoisotopic (exact) mass is 476 g/mol. The Balaban J connectivity index is 1.15. The molecule has 176 valence electrons. The zero-order valence-electron chi connectivity index (χ0n) is 19.0. The van der Waals surface area contributed by atoms with Gasteiger partial charge in [0.15, 0.2) is 0 Å². The number of ether oxygens (including phenoxy) is 1. The molecule has 34 heavy (non-hydrogen) atoms. The molecule has 2 aromatic carbocycles. The van der Waals surface area contributed by atoms with Gasteiger partial charge < -0.3 is 19.3 Å². The van der Waals surface area contributed by atoms with Crippen LogP contribution in [-0.2, 0) is 9.53 Å². The highest BCUT2D eigenvalue weighted by molar-refractivity contribution is 8.00. The quantitative estimate of drug-likeness (QED) is 0.556. The Labute approximate surface area is 203 Å². The molecule has 1 aromatic heterocycles. The van der Waals surface area contributed by atoms with Crippen LogP contribution in [0.1, 0.15) is 29.6 Å². The Kier molecular flexibility index (Phi) is 6.97. The summed E-state index contributed by atoms with van der Waals surface area (Å²) in [5.41, 5.74) is 2.53. The molecule has 8 heteroatoms. The number of hydrogen-bond acceptors (Lipinski definition) is 6. The minimum absolute atomic E-state index is 0.00141. The Morgan fingerprint density at radius 3 is 2.47 bits per heavy atom. The molecule has 2 fully saturated rings. The molecular weight excluding hydrogens is 448 g/mol. The third kappa shape index (κ3) is 5.03. The first-order valence-corrected chi connectivity index (χ1v) is 12.6. The fourth-order valence-electron chi connectivity index (χ4n) is 4.40. The zero-order chi connectivity index (χ0) is 23.3. The number of nitrogens with zero attached hydrogens (tertiary/aromatic N) is 3. The Morgan fingerprint density at radius 2 is 1.71 bits per heavy atom. The van der Waals surface area contributed by atoms with Crippen molar-refractivity contribution in [2.24, 2.45) is 0 Å². The average Bonchev–Trinajstić information content (AvgIpc) is 2.92. The smallest absolute Gasteiger partial charge is 0.253 e. The summed E-state index contributed by atoms with van der Waals surface area (Å²) in [4.78, 5) is 34.8. The van der Waals surface area contributed by atoms with Crippen LogP contribution in [0.25, 0.3) is 10.9 Å². The number of nitrogens with one attached hydrogen (secondary N) is 1. The molecule has 0 bridgehead atoms. The van der Waals surface area contributed by atoms with Gasteiger partial charge in [-0.1, -0.05) is 18.2 Å². The van der Waals surface area contributed by atoms with Crippen molar-refractivity contribution in [3.63, 3.8) is 0 Å². The summed E-state index contributed by atoms with van der Waals surface area (Å²) in [6, 6.07) is 17.6. The first-order chi connectivity index (χ1) is 16.7. The highest BCUT2D eigenvalue weighted by atomic mass is 32.2. The summed E-state index contributed by atoms with van der Waals surface area (Å²) in [7, 11) is 0. The molecule has 1 atom stereocenters. The molecule has 0 spiro atoms. The summed E-state index contributed by atoms with van der Waals surface area (Å²) >= 11 is 1.50. The third-order valence-electron chi connectivity index (χ3n) is 6.34. The van der Waals surface area contributed by atoms with E-state index in [2.05, 4.69) is 9.71 Å². The molecule has 0 aliphatic carbocycles. The second kappa shape index (κ2) is 10.4. The largest absolute Gasteiger partial charge is 0.368 e. The standard InChI is InChI=1S/C26H28N4O3S/c31-25(29-14-16-30(17-15-29)26(32)22-7-1-2-18-33-22)20-9-11-21(12-10-20)28-34-23-8-3-5-19-6-4-13-27-24(19)23/h3-6,8-13,22,28H,1-2,7,14-18H2. The lowest BCUT2D eigenvalue weighted by molar-refractivity contribution is -0.147. The van der Waals surface area contributed by atoms with E-state index < -0.39 is 0 Å². The van der Waals surface area contributed by atoms with Crippen LogP contribution in [0, 0.1) is 0 Å². The maximum absolute atomic E-state index is 13.0. The number of amides is 2. The normalized spacial score (nSPS) is 18.6. The van der Waals surface area contributed by atoms with Crippen LogP contribution in [0.15, 0.2) is 65.7 Å². The van der Waals surface area contributed by atoms with Crippen molar-refractivity contribution in [1.82, 2.24) is 14.8 Å². The van der Waals surface area contributed by atoms with Gasteiger partial charge in [-0.15, -0.1) is 0 Å². The van der Waals surface area contributed by atoms with E-state index in [9.17, 15) is 9.59 Å². The fraction of sp³-hybridized carbons (Fsp3) is 0.346. The van der Waals surface area contributed by atoms with Gasteiger partial charge in [-0.2, -0.15) is 0 Å². The van der Waals surface area contributed by atoms with Crippen LogP contribution >= 0.6 is 11.9 Å². The number of anilines is 1. The number of rotatable bonds is 5. The molecule has 5 rings (SSSR count). The molecule has 7 nitrogen and oxygen atoms in total. The van der Waals surface area contributed by atoms with E-state index in [4.69, 9.17) is 4.74 Å². The van der Waals surface area contributed by atoms with Gasteiger partial charge in [-0.25, -0.2) is 0 Å². The fourth-order valence-corrected chi connectivity index (χ4v) is 5.18. The van der Waals surface area contributed by atoms with Gasteiger partial charge in [-0.05, 0) is 67.6 Å². The van der Waals surface area contributed by atoms with Crippen LogP contribution in [0.3, 0.4) is 0 Å². The van der Waals surface area contributed by atoms with Crippen LogP contribution in [-0.4, -0.2) is 65.5 Å². The van der Waals surface area contributed by atoms with Crippen molar-refractivity contribution in [2.75, 3.05) is 37.5 Å². The van der Waals surface area contributed by atoms with Crippen LogP contribution in [0.2, 0.25) is 0 Å². The van der Waals surface area contributed by atoms with Crippen molar-refractivity contribution in [1.29, 1.82) is 0 Å². The van der Waals surface area contributed by atoms with Crippen molar-refractivity contribution in [2.45, 2.75) is 30.3 Å². The Bertz CT molecular complexity index is 1150. The number of piperazine rings is 1. The van der Waals surface area contributed by atoms with Crippen LogP contribution < -0.4 is 4.72 Å². The molecular formula is C26H28N4O3S. The molecule has 1 N–H and O–H groups in total. The van der Waals surface area contributed by atoms with E-state index >= 15 is 0 Å². The molecule has 2 aliphatic heterocycles. The molecule has 1 unspecified atom stereocenters. The van der Waals surface area contributed by atoms with Gasteiger partial charge in [0.1, 0.15) is 6.10 Å². The van der Waals surface area contributed by atoms with Crippen LogP contribution in [0.5, 0.6) is 0 Å². The lowest BCUT2D eigenvalue weighted by Gasteiger charge is -2.37. The predicted molar refractivity (Wildman–Crippen MR) is 134 cm³/mol. The van der Waals surface area contributed by atoms with E-state index in [1.807, 2.05) is 64.4 Å². The van der Waals surface area contributed by atoms with Crippen molar-refractivity contribution >= 4 is 40.4 Å². The van der Waals surface area contributed by atoms with Gasteiger partial charge in [0.05, 0.1) is 10.4 Å². The predicted octanol–water partition coefficient (Wildman–Crippen LogP) is 4.21. The summed E-state index contributed by atoms with van der Waals surface area (Å²) < 4.78 is 8.98. The number of fused-ring (bicyclic) bond motifs is 1. The molecule has 2 saturated heterocycles. The molecule has 3 heterocycles. The second-order valence-corrected chi connectivity index (χ2v) is 9.43. The summed E-state index contributed by atoms with van der Waals surface area (Å²) in [5.74, 6) is 0.0691. The van der Waals surface area contributed by atoms with Crippen molar-refractivity contribution in [3.05, 3.63) is 66.4 Å².